The molecule has 1 heterocycles. The fourth-order valence-corrected chi connectivity index (χ4v) is 4.46. The summed E-state index contributed by atoms with van der Waals surface area (Å²) in [7, 11) is 0. The molecule has 3 atom stereocenters. The SMILES string of the molecule is O=C1[C@H](O)[C@H](OCc2ccccc2)[C@@H](OCc2ccccc2)CN1c1ccc(-c2ccccc2)cc1. The number of aliphatic hydroxyl groups is 1. The Morgan fingerprint density at radius 3 is 1.75 bits per heavy atom. The molecule has 5 rings (SSSR count). The number of ether oxygens (including phenoxy) is 2. The molecule has 0 aliphatic carbocycles. The van der Waals surface area contributed by atoms with Crippen LogP contribution in [0.25, 0.3) is 11.1 Å². The molecule has 0 spiro atoms. The minimum Gasteiger partial charge on any atom is -0.380 e. The highest BCUT2D eigenvalue weighted by Gasteiger charge is 2.44. The van der Waals surface area contributed by atoms with Gasteiger partial charge in [0.1, 0.15) is 12.2 Å². The molecule has 1 saturated heterocycles. The molecule has 0 saturated carbocycles. The number of rotatable bonds is 8. The van der Waals surface area contributed by atoms with Crippen LogP contribution in [0.5, 0.6) is 0 Å². The van der Waals surface area contributed by atoms with Gasteiger partial charge in [0.25, 0.3) is 5.91 Å². The summed E-state index contributed by atoms with van der Waals surface area (Å²) in [5.41, 5.74) is 4.87. The van der Waals surface area contributed by atoms with Crippen molar-refractivity contribution in [2.45, 2.75) is 31.5 Å². The highest BCUT2D eigenvalue weighted by Crippen LogP contribution is 2.28. The van der Waals surface area contributed by atoms with E-state index in [1.165, 1.54) is 0 Å². The van der Waals surface area contributed by atoms with Crippen LogP contribution in [0, 0.1) is 0 Å². The van der Waals surface area contributed by atoms with Gasteiger partial charge in [-0.3, -0.25) is 4.79 Å². The van der Waals surface area contributed by atoms with Crippen molar-refractivity contribution in [3.8, 4) is 11.1 Å². The molecule has 4 aromatic carbocycles. The first-order valence-electron chi connectivity index (χ1n) is 12.1. The summed E-state index contributed by atoms with van der Waals surface area (Å²) >= 11 is 0. The summed E-state index contributed by atoms with van der Waals surface area (Å²) < 4.78 is 12.3. The van der Waals surface area contributed by atoms with Crippen molar-refractivity contribution in [1.82, 2.24) is 0 Å². The summed E-state index contributed by atoms with van der Waals surface area (Å²) in [6, 6.07) is 37.5. The van der Waals surface area contributed by atoms with Gasteiger partial charge in [-0.15, -0.1) is 0 Å². The first-order valence-corrected chi connectivity index (χ1v) is 12.1. The normalized spacial score (nSPS) is 19.9. The number of hydrogen-bond acceptors (Lipinski definition) is 4. The van der Waals surface area contributed by atoms with Crippen LogP contribution in [0.3, 0.4) is 0 Å². The molecule has 1 aliphatic heterocycles. The Morgan fingerprint density at radius 2 is 1.17 bits per heavy atom. The first kappa shape index (κ1) is 23.9. The van der Waals surface area contributed by atoms with E-state index in [1.807, 2.05) is 115 Å². The van der Waals surface area contributed by atoms with Crippen LogP contribution < -0.4 is 4.90 Å². The van der Waals surface area contributed by atoms with E-state index >= 15 is 0 Å². The largest absolute Gasteiger partial charge is 0.380 e. The van der Waals surface area contributed by atoms with Crippen LogP contribution in [0.15, 0.2) is 115 Å². The number of aliphatic hydroxyl groups excluding tert-OH is 1. The lowest BCUT2D eigenvalue weighted by atomic mass is 9.98. The number of benzene rings is 4. The van der Waals surface area contributed by atoms with E-state index in [4.69, 9.17) is 9.47 Å². The molecule has 5 heteroatoms. The lowest BCUT2D eigenvalue weighted by Gasteiger charge is -2.40. The van der Waals surface area contributed by atoms with Gasteiger partial charge in [0.2, 0.25) is 0 Å². The highest BCUT2D eigenvalue weighted by molar-refractivity contribution is 5.98. The van der Waals surface area contributed by atoms with E-state index in [2.05, 4.69) is 0 Å². The third kappa shape index (κ3) is 5.55. The third-order valence-electron chi connectivity index (χ3n) is 6.44. The van der Waals surface area contributed by atoms with Crippen molar-refractivity contribution in [3.63, 3.8) is 0 Å². The van der Waals surface area contributed by atoms with Crippen LogP contribution in [-0.4, -0.2) is 35.9 Å². The zero-order chi connectivity index (χ0) is 24.7. The number of hydrogen-bond donors (Lipinski definition) is 1. The predicted octanol–water partition coefficient (Wildman–Crippen LogP) is 5.23. The summed E-state index contributed by atoms with van der Waals surface area (Å²) in [6.45, 7) is 0.929. The quantitative estimate of drug-likeness (QED) is 0.376. The maximum Gasteiger partial charge on any atom is 0.258 e. The second kappa shape index (κ2) is 11.3. The standard InChI is InChI=1S/C31H29NO4/c33-29-30(36-22-24-12-6-2-7-13-24)28(35-21-23-10-4-1-5-11-23)20-32(31(29)34)27-18-16-26(17-19-27)25-14-8-3-9-15-25/h1-19,28-30,33H,20-22H2/t28-,29+,30+/m0/s1. The second-order valence-electron chi connectivity index (χ2n) is 8.90. The van der Waals surface area contributed by atoms with Gasteiger partial charge in [-0.05, 0) is 34.4 Å². The Bertz CT molecular complexity index is 1250. The molecule has 4 aromatic rings. The average Bonchev–Trinajstić information content (AvgIpc) is 2.95. The Hall–Kier alpha value is -3.77. The Labute approximate surface area is 211 Å². The number of piperidine rings is 1. The van der Waals surface area contributed by atoms with Crippen LogP contribution in [-0.2, 0) is 27.5 Å². The minimum absolute atomic E-state index is 0.285. The van der Waals surface area contributed by atoms with Crippen LogP contribution in [0.4, 0.5) is 5.69 Å². The Morgan fingerprint density at radius 1 is 0.667 bits per heavy atom. The highest BCUT2D eigenvalue weighted by atomic mass is 16.6. The summed E-state index contributed by atoms with van der Waals surface area (Å²) in [5.74, 6) is -0.389. The van der Waals surface area contributed by atoms with Gasteiger partial charge in [-0.25, -0.2) is 0 Å². The monoisotopic (exact) mass is 479 g/mol. The average molecular weight is 480 g/mol. The van der Waals surface area contributed by atoms with Crippen molar-refractivity contribution in [2.75, 3.05) is 11.4 Å². The number of carbonyl (C=O) groups excluding carboxylic acids is 1. The van der Waals surface area contributed by atoms with Crippen molar-refractivity contribution in [1.29, 1.82) is 0 Å². The van der Waals surface area contributed by atoms with E-state index in [1.54, 1.807) is 4.90 Å². The van der Waals surface area contributed by atoms with E-state index < -0.39 is 18.3 Å². The summed E-state index contributed by atoms with van der Waals surface area (Å²) in [4.78, 5) is 14.9. The predicted molar refractivity (Wildman–Crippen MR) is 140 cm³/mol. The van der Waals surface area contributed by atoms with Crippen molar-refractivity contribution in [2.24, 2.45) is 0 Å². The number of carbonyl (C=O) groups is 1. The zero-order valence-corrected chi connectivity index (χ0v) is 19.9. The zero-order valence-electron chi connectivity index (χ0n) is 19.9. The smallest absolute Gasteiger partial charge is 0.258 e. The van der Waals surface area contributed by atoms with Gasteiger partial charge in [0, 0.05) is 5.69 Å². The maximum atomic E-state index is 13.3. The minimum atomic E-state index is -1.34. The van der Waals surface area contributed by atoms with Gasteiger partial charge in [0.05, 0.1) is 19.8 Å². The molecule has 0 aromatic heterocycles. The molecule has 1 amide bonds. The molecular formula is C31H29NO4. The van der Waals surface area contributed by atoms with Gasteiger partial charge in [-0.1, -0.05) is 103 Å². The van der Waals surface area contributed by atoms with E-state index in [0.29, 0.717) is 12.3 Å². The lowest BCUT2D eigenvalue weighted by Crippen LogP contribution is -2.60. The molecular weight excluding hydrogens is 450 g/mol. The van der Waals surface area contributed by atoms with Gasteiger partial charge < -0.3 is 19.5 Å². The van der Waals surface area contributed by atoms with Crippen LogP contribution >= 0.6 is 0 Å². The van der Waals surface area contributed by atoms with E-state index in [9.17, 15) is 9.90 Å². The third-order valence-corrected chi connectivity index (χ3v) is 6.44. The molecule has 0 radical (unpaired) electrons. The number of nitrogens with zero attached hydrogens (tertiary/aromatic N) is 1. The topological polar surface area (TPSA) is 59.0 Å². The van der Waals surface area contributed by atoms with Gasteiger partial charge in [0.15, 0.2) is 6.10 Å². The summed E-state index contributed by atoms with van der Waals surface area (Å²) in [6.07, 6.45) is -2.62. The van der Waals surface area contributed by atoms with Gasteiger partial charge in [-0.2, -0.15) is 0 Å². The molecule has 182 valence electrons. The molecule has 1 N–H and O–H groups in total. The summed E-state index contributed by atoms with van der Waals surface area (Å²) in [5, 5.41) is 11.1. The fourth-order valence-electron chi connectivity index (χ4n) is 4.46. The first-order chi connectivity index (χ1) is 17.7. The van der Waals surface area contributed by atoms with Crippen molar-refractivity contribution in [3.05, 3.63) is 126 Å². The second-order valence-corrected chi connectivity index (χ2v) is 8.90. The maximum absolute atomic E-state index is 13.3. The molecule has 1 fully saturated rings. The van der Waals surface area contributed by atoms with E-state index in [-0.39, 0.29) is 19.1 Å². The Balaban J connectivity index is 1.36. The Kier molecular flexibility index (Phi) is 7.52. The molecule has 5 nitrogen and oxygen atoms in total. The molecule has 0 unspecified atom stereocenters. The van der Waals surface area contributed by atoms with Crippen molar-refractivity contribution >= 4 is 11.6 Å². The molecule has 0 bridgehead atoms. The number of anilines is 1. The lowest BCUT2D eigenvalue weighted by molar-refractivity contribution is -0.162. The van der Waals surface area contributed by atoms with Crippen LogP contribution in [0.2, 0.25) is 0 Å². The van der Waals surface area contributed by atoms with Gasteiger partial charge >= 0.3 is 0 Å². The van der Waals surface area contributed by atoms with E-state index in [0.717, 1.165) is 22.3 Å². The fraction of sp³-hybridized carbons (Fsp3) is 0.194. The molecule has 1 aliphatic rings. The molecule has 36 heavy (non-hydrogen) atoms. The van der Waals surface area contributed by atoms with Crippen molar-refractivity contribution < 1.29 is 19.4 Å². The number of amides is 1. The van der Waals surface area contributed by atoms with Crippen LogP contribution in [0.1, 0.15) is 11.1 Å².